The largest absolute Gasteiger partial charge is 0.457 e. The van der Waals surface area contributed by atoms with Crippen LogP contribution in [0.2, 0.25) is 0 Å². The van der Waals surface area contributed by atoms with Gasteiger partial charge in [0.25, 0.3) is 5.91 Å². The van der Waals surface area contributed by atoms with E-state index < -0.39 is 0 Å². The number of carbonyl (C=O) groups is 1. The maximum atomic E-state index is 12.9. The van der Waals surface area contributed by atoms with Gasteiger partial charge in [-0.3, -0.25) is 9.69 Å². The van der Waals surface area contributed by atoms with Gasteiger partial charge in [-0.15, -0.1) is 0 Å². The fourth-order valence-corrected chi connectivity index (χ4v) is 2.57. The maximum Gasteiger partial charge on any atom is 0.251 e. The average molecular weight is 344 g/mol. The smallest absolute Gasteiger partial charge is 0.251 e. The first kappa shape index (κ1) is 17.4. The van der Waals surface area contributed by atoms with Crippen LogP contribution in [0.15, 0.2) is 48.5 Å². The Kier molecular flexibility index (Phi) is 5.98. The van der Waals surface area contributed by atoms with E-state index in [0.717, 1.165) is 32.8 Å². The summed E-state index contributed by atoms with van der Waals surface area (Å²) in [6, 6.07) is 12.7. The van der Waals surface area contributed by atoms with Crippen LogP contribution in [0.4, 0.5) is 4.39 Å². The molecule has 0 bridgehead atoms. The summed E-state index contributed by atoms with van der Waals surface area (Å²) in [5.41, 5.74) is 0.577. The first-order valence-electron chi connectivity index (χ1n) is 8.32. The Hall–Kier alpha value is -2.44. The Morgan fingerprint density at radius 2 is 1.64 bits per heavy atom. The molecule has 1 amide bonds. The second-order valence-electron chi connectivity index (χ2n) is 5.79. The van der Waals surface area contributed by atoms with E-state index in [2.05, 4.69) is 10.2 Å². The average Bonchev–Trinajstić information content (AvgIpc) is 2.65. The predicted molar refractivity (Wildman–Crippen MR) is 92.5 cm³/mol. The van der Waals surface area contributed by atoms with E-state index in [1.54, 1.807) is 36.4 Å². The van der Waals surface area contributed by atoms with Gasteiger partial charge >= 0.3 is 0 Å². The molecule has 1 N–H and O–H groups in total. The third kappa shape index (κ3) is 5.27. The number of nitrogens with one attached hydrogen (secondary N) is 1. The van der Waals surface area contributed by atoms with E-state index in [1.165, 1.54) is 12.1 Å². The number of amides is 1. The summed E-state index contributed by atoms with van der Waals surface area (Å²) >= 11 is 0. The summed E-state index contributed by atoms with van der Waals surface area (Å²) in [5, 5.41) is 2.92. The molecule has 1 aliphatic rings. The molecule has 0 atom stereocenters. The van der Waals surface area contributed by atoms with E-state index in [1.807, 2.05) is 0 Å². The minimum atomic E-state index is -0.309. The van der Waals surface area contributed by atoms with Crippen molar-refractivity contribution in [2.45, 2.75) is 0 Å². The molecule has 5 nitrogen and oxygen atoms in total. The van der Waals surface area contributed by atoms with Crippen molar-refractivity contribution in [3.8, 4) is 11.5 Å². The van der Waals surface area contributed by atoms with Gasteiger partial charge in [-0.1, -0.05) is 0 Å². The highest BCUT2D eigenvalue weighted by Crippen LogP contribution is 2.21. The van der Waals surface area contributed by atoms with Gasteiger partial charge in [0.2, 0.25) is 0 Å². The molecule has 1 heterocycles. The molecular formula is C19H21FN2O3. The van der Waals surface area contributed by atoms with Gasteiger partial charge in [-0.05, 0) is 48.5 Å². The standard InChI is InChI=1S/C19H21FN2O3/c20-16-3-7-18(8-4-16)25-17-5-1-15(2-6-17)19(23)21-9-10-22-11-13-24-14-12-22/h1-8H,9-14H2,(H,21,23). The molecule has 0 spiro atoms. The third-order valence-corrected chi connectivity index (χ3v) is 3.98. The van der Waals surface area contributed by atoms with Crippen LogP contribution >= 0.6 is 0 Å². The van der Waals surface area contributed by atoms with E-state index in [4.69, 9.17) is 9.47 Å². The lowest BCUT2D eigenvalue weighted by molar-refractivity contribution is 0.0383. The van der Waals surface area contributed by atoms with Crippen molar-refractivity contribution in [3.63, 3.8) is 0 Å². The number of hydrogen-bond donors (Lipinski definition) is 1. The zero-order chi connectivity index (χ0) is 17.5. The first-order chi connectivity index (χ1) is 12.2. The second-order valence-corrected chi connectivity index (χ2v) is 5.79. The second kappa shape index (κ2) is 8.60. The third-order valence-electron chi connectivity index (χ3n) is 3.98. The lowest BCUT2D eigenvalue weighted by atomic mass is 10.2. The van der Waals surface area contributed by atoms with Gasteiger partial charge in [-0.25, -0.2) is 4.39 Å². The molecule has 2 aromatic rings. The minimum Gasteiger partial charge on any atom is -0.457 e. The van der Waals surface area contributed by atoms with Gasteiger partial charge in [0, 0.05) is 31.7 Å². The molecule has 0 radical (unpaired) electrons. The van der Waals surface area contributed by atoms with Gasteiger partial charge in [0.05, 0.1) is 13.2 Å². The molecule has 0 aromatic heterocycles. The van der Waals surface area contributed by atoms with Crippen molar-refractivity contribution in [2.24, 2.45) is 0 Å². The fraction of sp³-hybridized carbons (Fsp3) is 0.316. The Morgan fingerprint density at radius 1 is 1.04 bits per heavy atom. The van der Waals surface area contributed by atoms with Crippen molar-refractivity contribution >= 4 is 5.91 Å². The van der Waals surface area contributed by atoms with Gasteiger partial charge in [0.1, 0.15) is 17.3 Å². The monoisotopic (exact) mass is 344 g/mol. The molecule has 0 aliphatic carbocycles. The Balaban J connectivity index is 1.47. The summed E-state index contributed by atoms with van der Waals surface area (Å²) in [5.74, 6) is 0.721. The van der Waals surface area contributed by atoms with Crippen LogP contribution in [-0.2, 0) is 4.74 Å². The van der Waals surface area contributed by atoms with Crippen LogP contribution in [0, 0.1) is 5.82 Å². The van der Waals surface area contributed by atoms with E-state index in [-0.39, 0.29) is 11.7 Å². The van der Waals surface area contributed by atoms with Gasteiger partial charge in [0.15, 0.2) is 0 Å². The lowest BCUT2D eigenvalue weighted by Crippen LogP contribution is -2.41. The van der Waals surface area contributed by atoms with E-state index >= 15 is 0 Å². The molecule has 0 saturated carbocycles. The summed E-state index contributed by atoms with van der Waals surface area (Å²) < 4.78 is 23.8. The zero-order valence-corrected chi connectivity index (χ0v) is 13.9. The van der Waals surface area contributed by atoms with Gasteiger partial charge in [-0.2, -0.15) is 0 Å². The SMILES string of the molecule is O=C(NCCN1CCOCC1)c1ccc(Oc2ccc(F)cc2)cc1. The van der Waals surface area contributed by atoms with Crippen molar-refractivity contribution in [2.75, 3.05) is 39.4 Å². The summed E-state index contributed by atoms with van der Waals surface area (Å²) in [4.78, 5) is 14.4. The lowest BCUT2D eigenvalue weighted by Gasteiger charge is -2.26. The molecule has 3 rings (SSSR count). The number of halogens is 1. The molecule has 132 valence electrons. The first-order valence-corrected chi connectivity index (χ1v) is 8.32. The Morgan fingerprint density at radius 3 is 2.28 bits per heavy atom. The molecular weight excluding hydrogens is 323 g/mol. The zero-order valence-electron chi connectivity index (χ0n) is 13.9. The maximum absolute atomic E-state index is 12.9. The number of carbonyl (C=O) groups excluding carboxylic acids is 1. The highest BCUT2D eigenvalue weighted by Gasteiger charge is 2.11. The molecule has 1 fully saturated rings. The molecule has 2 aromatic carbocycles. The van der Waals surface area contributed by atoms with Crippen LogP contribution in [0.5, 0.6) is 11.5 Å². The summed E-state index contributed by atoms with van der Waals surface area (Å²) in [7, 11) is 0. The van der Waals surface area contributed by atoms with Crippen LogP contribution in [0.25, 0.3) is 0 Å². The van der Waals surface area contributed by atoms with Crippen molar-refractivity contribution in [3.05, 3.63) is 59.9 Å². The number of ether oxygens (including phenoxy) is 2. The summed E-state index contributed by atoms with van der Waals surface area (Å²) in [6.45, 7) is 4.75. The molecule has 1 saturated heterocycles. The van der Waals surface area contributed by atoms with E-state index in [9.17, 15) is 9.18 Å². The molecule has 6 heteroatoms. The topological polar surface area (TPSA) is 50.8 Å². The molecule has 1 aliphatic heterocycles. The predicted octanol–water partition coefficient (Wildman–Crippen LogP) is 2.68. The Labute approximate surface area is 146 Å². The minimum absolute atomic E-state index is 0.110. The van der Waals surface area contributed by atoms with Crippen LogP contribution < -0.4 is 10.1 Å². The highest BCUT2D eigenvalue weighted by atomic mass is 19.1. The highest BCUT2D eigenvalue weighted by molar-refractivity contribution is 5.94. The Bertz CT molecular complexity index is 683. The van der Waals surface area contributed by atoms with Gasteiger partial charge < -0.3 is 14.8 Å². The number of rotatable bonds is 6. The van der Waals surface area contributed by atoms with Crippen molar-refractivity contribution < 1.29 is 18.7 Å². The quantitative estimate of drug-likeness (QED) is 0.875. The fourth-order valence-electron chi connectivity index (χ4n) is 2.57. The number of morpholine rings is 1. The van der Waals surface area contributed by atoms with Crippen LogP contribution in [0.1, 0.15) is 10.4 Å². The normalized spacial score (nSPS) is 14.9. The number of benzene rings is 2. The molecule has 0 unspecified atom stereocenters. The number of hydrogen-bond acceptors (Lipinski definition) is 4. The van der Waals surface area contributed by atoms with Crippen molar-refractivity contribution in [1.82, 2.24) is 10.2 Å². The van der Waals surface area contributed by atoms with Crippen LogP contribution in [-0.4, -0.2) is 50.2 Å². The number of nitrogens with zero attached hydrogens (tertiary/aromatic N) is 1. The van der Waals surface area contributed by atoms with E-state index in [0.29, 0.717) is 23.6 Å². The molecule has 25 heavy (non-hydrogen) atoms. The van der Waals surface area contributed by atoms with Crippen LogP contribution in [0.3, 0.4) is 0 Å². The summed E-state index contributed by atoms with van der Waals surface area (Å²) in [6.07, 6.45) is 0. The van der Waals surface area contributed by atoms with Crippen molar-refractivity contribution in [1.29, 1.82) is 0 Å².